The summed E-state index contributed by atoms with van der Waals surface area (Å²) in [5, 5.41) is 0. The number of carbonyl (C=O) groups excluding carboxylic acids is 1. The summed E-state index contributed by atoms with van der Waals surface area (Å²) in [5.41, 5.74) is 0.409. The van der Waals surface area contributed by atoms with Gasteiger partial charge in [0, 0.05) is 19.0 Å². The van der Waals surface area contributed by atoms with Crippen LogP contribution in [0.1, 0.15) is 29.1 Å². The molecule has 6 nitrogen and oxygen atoms in total. The lowest BCUT2D eigenvalue weighted by Crippen LogP contribution is -2.41. The van der Waals surface area contributed by atoms with E-state index in [4.69, 9.17) is 13.9 Å². The first-order chi connectivity index (χ1) is 11.7. The number of methoxy groups -OCH3 is 1. The third-order valence-electron chi connectivity index (χ3n) is 4.30. The van der Waals surface area contributed by atoms with Crippen molar-refractivity contribution in [1.29, 1.82) is 0 Å². The summed E-state index contributed by atoms with van der Waals surface area (Å²) < 4.78 is 16.1. The van der Waals surface area contributed by atoms with Crippen molar-refractivity contribution in [2.24, 2.45) is 5.92 Å². The molecule has 2 heterocycles. The molecular formula is C18H22N2O4. The molecule has 128 valence electrons. The highest BCUT2D eigenvalue weighted by molar-refractivity contribution is 5.93. The van der Waals surface area contributed by atoms with Gasteiger partial charge in [-0.25, -0.2) is 4.98 Å². The molecule has 1 aliphatic heterocycles. The molecule has 0 bridgehead atoms. The Hall–Kier alpha value is -2.50. The highest BCUT2D eigenvalue weighted by Gasteiger charge is 2.27. The first-order valence-electron chi connectivity index (χ1n) is 8.13. The van der Waals surface area contributed by atoms with Crippen LogP contribution in [0.25, 0.3) is 0 Å². The van der Waals surface area contributed by atoms with Crippen molar-refractivity contribution in [2.45, 2.75) is 19.8 Å². The van der Waals surface area contributed by atoms with Gasteiger partial charge < -0.3 is 18.8 Å². The minimum Gasteiger partial charge on any atom is -0.497 e. The molecule has 1 saturated heterocycles. The molecule has 2 aromatic rings. The van der Waals surface area contributed by atoms with E-state index in [-0.39, 0.29) is 5.91 Å². The molecule has 1 aromatic heterocycles. The van der Waals surface area contributed by atoms with Gasteiger partial charge in [-0.15, -0.1) is 0 Å². The molecule has 1 aliphatic rings. The maximum absolute atomic E-state index is 12.5. The van der Waals surface area contributed by atoms with E-state index in [0.717, 1.165) is 30.9 Å². The monoisotopic (exact) mass is 330 g/mol. The van der Waals surface area contributed by atoms with Crippen molar-refractivity contribution in [2.75, 3.05) is 26.8 Å². The van der Waals surface area contributed by atoms with Crippen molar-refractivity contribution in [3.05, 3.63) is 42.1 Å². The number of piperidine rings is 1. The van der Waals surface area contributed by atoms with Gasteiger partial charge in [0.15, 0.2) is 12.1 Å². The van der Waals surface area contributed by atoms with Gasteiger partial charge in [0.05, 0.1) is 13.7 Å². The van der Waals surface area contributed by atoms with Crippen molar-refractivity contribution in [3.8, 4) is 11.5 Å². The molecule has 0 radical (unpaired) electrons. The van der Waals surface area contributed by atoms with Crippen LogP contribution in [0.15, 0.2) is 35.1 Å². The average molecular weight is 330 g/mol. The van der Waals surface area contributed by atoms with Crippen LogP contribution in [0.2, 0.25) is 0 Å². The Bertz CT molecular complexity index is 681. The van der Waals surface area contributed by atoms with Gasteiger partial charge in [0.25, 0.3) is 5.91 Å². The van der Waals surface area contributed by atoms with E-state index in [1.807, 2.05) is 29.2 Å². The van der Waals surface area contributed by atoms with Crippen molar-refractivity contribution in [1.82, 2.24) is 9.88 Å². The largest absolute Gasteiger partial charge is 0.497 e. The van der Waals surface area contributed by atoms with E-state index in [2.05, 4.69) is 4.98 Å². The van der Waals surface area contributed by atoms with Crippen LogP contribution in [0.4, 0.5) is 0 Å². The molecule has 0 N–H and O–H groups in total. The van der Waals surface area contributed by atoms with Crippen LogP contribution in [0.5, 0.6) is 11.5 Å². The predicted octanol–water partition coefficient (Wildman–Crippen LogP) is 2.92. The summed E-state index contributed by atoms with van der Waals surface area (Å²) in [6.07, 6.45) is 3.34. The van der Waals surface area contributed by atoms with Crippen molar-refractivity contribution in [3.63, 3.8) is 0 Å². The van der Waals surface area contributed by atoms with Crippen LogP contribution >= 0.6 is 0 Å². The number of likely N-dealkylation sites (tertiary alicyclic amines) is 1. The molecule has 6 heteroatoms. The van der Waals surface area contributed by atoms with E-state index >= 15 is 0 Å². The Balaban J connectivity index is 1.55. The molecule has 3 rings (SSSR count). The summed E-state index contributed by atoms with van der Waals surface area (Å²) in [4.78, 5) is 18.4. The summed E-state index contributed by atoms with van der Waals surface area (Å²) in [5.74, 6) is 2.44. The molecule has 1 atom stereocenters. The van der Waals surface area contributed by atoms with Crippen LogP contribution in [0.3, 0.4) is 0 Å². The standard InChI is InChI=1S/C18H22N2O4/c1-13-17(19-12-24-13)18(21)20-9-3-4-14(10-20)11-23-16-7-5-15(22-2)6-8-16/h5-8,12,14H,3-4,9-11H2,1-2H3/t14-/m0/s1. The van der Waals surface area contributed by atoms with Gasteiger partial charge >= 0.3 is 0 Å². The number of ether oxygens (including phenoxy) is 2. The predicted molar refractivity (Wildman–Crippen MR) is 88.4 cm³/mol. The molecular weight excluding hydrogens is 308 g/mol. The fraction of sp³-hybridized carbons (Fsp3) is 0.444. The van der Waals surface area contributed by atoms with Crippen LogP contribution in [-0.4, -0.2) is 42.6 Å². The highest BCUT2D eigenvalue weighted by Crippen LogP contribution is 2.22. The lowest BCUT2D eigenvalue weighted by Gasteiger charge is -2.32. The maximum Gasteiger partial charge on any atom is 0.276 e. The van der Waals surface area contributed by atoms with Gasteiger partial charge in [-0.2, -0.15) is 0 Å². The normalized spacial score (nSPS) is 17.6. The maximum atomic E-state index is 12.5. The number of amides is 1. The Morgan fingerprint density at radius 3 is 2.75 bits per heavy atom. The van der Waals surface area contributed by atoms with E-state index in [9.17, 15) is 4.79 Å². The lowest BCUT2D eigenvalue weighted by atomic mass is 9.98. The second-order valence-electron chi connectivity index (χ2n) is 6.00. The van der Waals surface area contributed by atoms with E-state index in [1.54, 1.807) is 14.0 Å². The van der Waals surface area contributed by atoms with Gasteiger partial charge in [-0.1, -0.05) is 0 Å². The number of rotatable bonds is 5. The van der Waals surface area contributed by atoms with Crippen molar-refractivity contribution < 1.29 is 18.7 Å². The molecule has 0 aliphatic carbocycles. The second-order valence-corrected chi connectivity index (χ2v) is 6.00. The van der Waals surface area contributed by atoms with Crippen LogP contribution in [-0.2, 0) is 0 Å². The summed E-state index contributed by atoms with van der Waals surface area (Å²) in [7, 11) is 1.64. The molecule has 0 unspecified atom stereocenters. The van der Waals surface area contributed by atoms with Gasteiger partial charge in [-0.05, 0) is 44.0 Å². The third kappa shape index (κ3) is 3.69. The SMILES string of the molecule is COc1ccc(OC[C@H]2CCCN(C(=O)c3ncoc3C)C2)cc1. The zero-order valence-corrected chi connectivity index (χ0v) is 14.0. The fourth-order valence-electron chi connectivity index (χ4n) is 2.93. The zero-order valence-electron chi connectivity index (χ0n) is 14.0. The minimum absolute atomic E-state index is 0.0598. The molecule has 0 saturated carbocycles. The molecule has 0 spiro atoms. The first kappa shape index (κ1) is 16.4. The Kier molecular flexibility index (Phi) is 5.03. The van der Waals surface area contributed by atoms with Gasteiger partial charge in [-0.3, -0.25) is 4.79 Å². The van der Waals surface area contributed by atoms with E-state index in [1.165, 1.54) is 6.39 Å². The Morgan fingerprint density at radius 2 is 2.08 bits per heavy atom. The number of hydrogen-bond acceptors (Lipinski definition) is 5. The van der Waals surface area contributed by atoms with Gasteiger partial charge in [0.2, 0.25) is 0 Å². The fourth-order valence-corrected chi connectivity index (χ4v) is 2.93. The number of aromatic nitrogens is 1. The van der Waals surface area contributed by atoms with Crippen LogP contribution < -0.4 is 9.47 Å². The summed E-state index contributed by atoms with van der Waals surface area (Å²) in [6, 6.07) is 7.53. The number of benzene rings is 1. The van der Waals surface area contributed by atoms with Gasteiger partial charge in [0.1, 0.15) is 17.3 Å². The third-order valence-corrected chi connectivity index (χ3v) is 4.30. The minimum atomic E-state index is -0.0598. The Labute approximate surface area is 141 Å². The Morgan fingerprint density at radius 1 is 1.33 bits per heavy atom. The highest BCUT2D eigenvalue weighted by atomic mass is 16.5. The molecule has 24 heavy (non-hydrogen) atoms. The molecule has 1 aromatic carbocycles. The lowest BCUT2D eigenvalue weighted by molar-refractivity contribution is 0.0626. The second kappa shape index (κ2) is 7.38. The van der Waals surface area contributed by atoms with E-state index in [0.29, 0.717) is 30.5 Å². The number of oxazole rings is 1. The summed E-state index contributed by atoms with van der Waals surface area (Å²) in [6.45, 7) is 3.79. The topological polar surface area (TPSA) is 64.8 Å². The number of carbonyl (C=O) groups is 1. The average Bonchev–Trinajstić information content (AvgIpc) is 3.06. The first-order valence-corrected chi connectivity index (χ1v) is 8.13. The number of nitrogens with zero attached hydrogens (tertiary/aromatic N) is 2. The summed E-state index contributed by atoms with van der Waals surface area (Å²) >= 11 is 0. The van der Waals surface area contributed by atoms with E-state index < -0.39 is 0 Å². The molecule has 1 fully saturated rings. The van der Waals surface area contributed by atoms with Crippen LogP contribution in [0, 0.1) is 12.8 Å². The van der Waals surface area contributed by atoms with Crippen molar-refractivity contribution >= 4 is 5.91 Å². The smallest absolute Gasteiger partial charge is 0.276 e. The quantitative estimate of drug-likeness (QED) is 0.843. The number of hydrogen-bond donors (Lipinski definition) is 0. The number of aryl methyl sites for hydroxylation is 1. The molecule has 1 amide bonds. The zero-order chi connectivity index (χ0) is 16.9.